The molecule has 2 rings (SSSR count). The van der Waals surface area contributed by atoms with Gasteiger partial charge >= 0.3 is 0 Å². The van der Waals surface area contributed by atoms with E-state index in [1.807, 2.05) is 0 Å². The van der Waals surface area contributed by atoms with Gasteiger partial charge in [0.05, 0.1) is 15.9 Å². The molecule has 0 bridgehead atoms. The van der Waals surface area contributed by atoms with E-state index in [2.05, 4.69) is 4.72 Å². The Morgan fingerprint density at radius 3 is 2.29 bits per heavy atom. The number of carboxylic acid groups (broad SMARTS) is 1. The van der Waals surface area contributed by atoms with Gasteiger partial charge in [0.2, 0.25) is 0 Å². The highest BCUT2D eigenvalue weighted by atomic mass is 35.5. The van der Waals surface area contributed by atoms with Crippen LogP contribution in [0, 0.1) is 5.82 Å². The fraction of sp³-hybridized carbons (Fsp3) is 0. The quantitative estimate of drug-likeness (QED) is 0.924. The fourth-order valence-corrected chi connectivity index (χ4v) is 2.86. The van der Waals surface area contributed by atoms with Crippen LogP contribution in [0.1, 0.15) is 10.4 Å². The van der Waals surface area contributed by atoms with Gasteiger partial charge in [-0.1, -0.05) is 23.7 Å². The minimum atomic E-state index is -3.95. The van der Waals surface area contributed by atoms with Crippen molar-refractivity contribution in [2.45, 2.75) is 4.90 Å². The Labute approximate surface area is 125 Å². The highest BCUT2D eigenvalue weighted by Gasteiger charge is 2.16. The average Bonchev–Trinajstić information content (AvgIpc) is 2.42. The number of sulfonamides is 1. The van der Waals surface area contributed by atoms with Crippen molar-refractivity contribution >= 4 is 33.3 Å². The highest BCUT2D eigenvalue weighted by Crippen LogP contribution is 2.21. The number of anilines is 1. The van der Waals surface area contributed by atoms with Crippen LogP contribution in [-0.4, -0.2) is 14.4 Å². The monoisotopic (exact) mass is 328 g/mol. The smallest absolute Gasteiger partial charge is 0.261 e. The van der Waals surface area contributed by atoms with Crippen LogP contribution in [0.4, 0.5) is 10.1 Å². The minimum absolute atomic E-state index is 0.0808. The number of carboxylic acids is 1. The van der Waals surface area contributed by atoms with Gasteiger partial charge in [-0.15, -0.1) is 0 Å². The molecular weight excluding hydrogens is 321 g/mol. The number of hydrogen-bond acceptors (Lipinski definition) is 4. The first-order chi connectivity index (χ1) is 9.79. The zero-order chi connectivity index (χ0) is 15.6. The van der Waals surface area contributed by atoms with Crippen molar-refractivity contribution in [2.75, 3.05) is 4.72 Å². The van der Waals surface area contributed by atoms with Crippen LogP contribution in [0.25, 0.3) is 0 Å². The molecule has 0 aliphatic carbocycles. The Morgan fingerprint density at radius 1 is 1.14 bits per heavy atom. The largest absolute Gasteiger partial charge is 0.545 e. The zero-order valence-electron chi connectivity index (χ0n) is 10.3. The van der Waals surface area contributed by atoms with Crippen LogP contribution in [-0.2, 0) is 10.0 Å². The van der Waals surface area contributed by atoms with Gasteiger partial charge in [-0.25, -0.2) is 12.8 Å². The molecule has 8 heteroatoms. The van der Waals surface area contributed by atoms with Crippen molar-refractivity contribution in [3.63, 3.8) is 0 Å². The molecule has 1 N–H and O–H groups in total. The van der Waals surface area contributed by atoms with Crippen LogP contribution in [0.2, 0.25) is 5.02 Å². The summed E-state index contributed by atoms with van der Waals surface area (Å²) in [4.78, 5) is 10.4. The first kappa shape index (κ1) is 15.3. The second-order valence-electron chi connectivity index (χ2n) is 4.05. The molecule has 0 radical (unpaired) electrons. The highest BCUT2D eigenvalue weighted by molar-refractivity contribution is 7.92. The number of nitrogens with one attached hydrogen (secondary N) is 1. The summed E-state index contributed by atoms with van der Waals surface area (Å²) in [6.45, 7) is 0. The molecule has 0 aromatic heterocycles. The van der Waals surface area contributed by atoms with E-state index in [-0.39, 0.29) is 21.2 Å². The van der Waals surface area contributed by atoms with Gasteiger partial charge in [0.15, 0.2) is 0 Å². The maximum Gasteiger partial charge on any atom is 0.261 e. The molecular formula is C13H8ClFNO4S-. The van der Waals surface area contributed by atoms with E-state index in [0.717, 1.165) is 18.2 Å². The predicted octanol–water partition coefficient (Wildman–Crippen LogP) is 1.64. The average molecular weight is 329 g/mol. The number of rotatable bonds is 4. The summed E-state index contributed by atoms with van der Waals surface area (Å²) in [7, 11) is -3.95. The maximum absolute atomic E-state index is 13.0. The molecule has 0 atom stereocenters. The summed E-state index contributed by atoms with van der Waals surface area (Å²) in [5, 5.41) is 10.3. The Bertz CT molecular complexity index is 790. The van der Waals surface area contributed by atoms with Gasteiger partial charge < -0.3 is 9.90 Å². The van der Waals surface area contributed by atoms with Crippen LogP contribution < -0.4 is 9.83 Å². The van der Waals surface area contributed by atoms with Gasteiger partial charge in [-0.05, 0) is 35.9 Å². The number of carbonyl (C=O) groups excluding carboxylic acids is 1. The van der Waals surface area contributed by atoms with Crippen molar-refractivity contribution in [3.8, 4) is 0 Å². The van der Waals surface area contributed by atoms with E-state index in [1.165, 1.54) is 24.3 Å². The first-order valence-electron chi connectivity index (χ1n) is 5.59. The molecule has 0 unspecified atom stereocenters. The predicted molar refractivity (Wildman–Crippen MR) is 73.0 cm³/mol. The molecule has 0 amide bonds. The number of benzene rings is 2. The SMILES string of the molecule is O=C([O-])c1ccc(NS(=O)(=O)c2ccc(F)c(Cl)c2)cc1. The van der Waals surface area contributed by atoms with Crippen molar-refractivity contribution in [3.05, 3.63) is 58.9 Å². The fourth-order valence-electron chi connectivity index (χ4n) is 1.53. The van der Waals surface area contributed by atoms with Gasteiger partial charge in [-0.3, -0.25) is 4.72 Å². The van der Waals surface area contributed by atoms with E-state index >= 15 is 0 Å². The topological polar surface area (TPSA) is 86.3 Å². The molecule has 0 spiro atoms. The molecule has 0 saturated carbocycles. The number of halogens is 2. The van der Waals surface area contributed by atoms with Crippen molar-refractivity contribution in [1.82, 2.24) is 0 Å². The lowest BCUT2D eigenvalue weighted by molar-refractivity contribution is -0.255. The van der Waals surface area contributed by atoms with Crippen LogP contribution >= 0.6 is 11.6 Å². The molecule has 21 heavy (non-hydrogen) atoms. The normalized spacial score (nSPS) is 11.1. The van der Waals surface area contributed by atoms with E-state index in [4.69, 9.17) is 11.6 Å². The second kappa shape index (κ2) is 5.71. The van der Waals surface area contributed by atoms with E-state index in [1.54, 1.807) is 0 Å². The Hall–Kier alpha value is -2.12. The summed E-state index contributed by atoms with van der Waals surface area (Å²) in [6, 6.07) is 7.93. The number of aromatic carboxylic acids is 1. The summed E-state index contributed by atoms with van der Waals surface area (Å²) in [5.74, 6) is -2.09. The lowest BCUT2D eigenvalue weighted by atomic mass is 10.2. The summed E-state index contributed by atoms with van der Waals surface area (Å²) >= 11 is 5.54. The molecule has 110 valence electrons. The standard InChI is InChI=1S/C13H9ClFNO4S/c14-11-7-10(5-6-12(11)15)21(19,20)16-9-3-1-8(2-4-9)13(17)18/h1-7,16H,(H,17,18)/p-1. The lowest BCUT2D eigenvalue weighted by Gasteiger charge is -2.09. The molecule has 5 nitrogen and oxygen atoms in total. The summed E-state index contributed by atoms with van der Waals surface area (Å²) in [5.41, 5.74) is 0.0724. The Kier molecular flexibility index (Phi) is 4.15. The number of carbonyl (C=O) groups is 1. The van der Waals surface area contributed by atoms with E-state index in [0.29, 0.717) is 0 Å². The van der Waals surface area contributed by atoms with Crippen molar-refractivity contribution in [2.24, 2.45) is 0 Å². The zero-order valence-corrected chi connectivity index (χ0v) is 11.9. The molecule has 0 saturated heterocycles. The van der Waals surface area contributed by atoms with Gasteiger partial charge in [0, 0.05) is 5.69 Å². The van der Waals surface area contributed by atoms with Crippen LogP contribution in [0.3, 0.4) is 0 Å². The van der Waals surface area contributed by atoms with Crippen molar-refractivity contribution in [1.29, 1.82) is 0 Å². The van der Waals surface area contributed by atoms with Crippen LogP contribution in [0.15, 0.2) is 47.4 Å². The van der Waals surface area contributed by atoms with E-state index in [9.17, 15) is 22.7 Å². The Morgan fingerprint density at radius 2 is 1.76 bits per heavy atom. The molecule has 0 aliphatic rings. The summed E-state index contributed by atoms with van der Waals surface area (Å²) < 4.78 is 39.4. The number of hydrogen-bond donors (Lipinski definition) is 1. The second-order valence-corrected chi connectivity index (χ2v) is 6.14. The van der Waals surface area contributed by atoms with Crippen molar-refractivity contribution < 1.29 is 22.7 Å². The third-order valence-electron chi connectivity index (χ3n) is 2.57. The van der Waals surface area contributed by atoms with Gasteiger partial charge in [0.25, 0.3) is 10.0 Å². The third-order valence-corrected chi connectivity index (χ3v) is 4.24. The van der Waals surface area contributed by atoms with E-state index < -0.39 is 21.8 Å². The molecule has 0 fully saturated rings. The molecule has 0 heterocycles. The lowest BCUT2D eigenvalue weighted by Crippen LogP contribution is -2.22. The third kappa shape index (κ3) is 3.50. The first-order valence-corrected chi connectivity index (χ1v) is 7.45. The molecule has 2 aromatic rings. The molecule has 0 aliphatic heterocycles. The molecule has 2 aromatic carbocycles. The van der Waals surface area contributed by atoms with Gasteiger partial charge in [-0.2, -0.15) is 0 Å². The van der Waals surface area contributed by atoms with Crippen LogP contribution in [0.5, 0.6) is 0 Å². The minimum Gasteiger partial charge on any atom is -0.545 e. The summed E-state index contributed by atoms with van der Waals surface area (Å²) in [6.07, 6.45) is 0. The Balaban J connectivity index is 2.28. The maximum atomic E-state index is 13.0. The van der Waals surface area contributed by atoms with Gasteiger partial charge in [0.1, 0.15) is 5.82 Å².